The average molecular weight is 336 g/mol. The van der Waals surface area contributed by atoms with E-state index in [-0.39, 0.29) is 16.8 Å². The molecule has 1 N–H and O–H groups in total. The summed E-state index contributed by atoms with van der Waals surface area (Å²) in [5, 5.41) is 25.9. The number of azo groups is 1. The minimum atomic E-state index is -4.62. The van der Waals surface area contributed by atoms with Gasteiger partial charge in [0.05, 0.1) is 11.3 Å². The largest absolute Gasteiger partial charge is 0.493 e. The Balaban J connectivity index is 2.63. The molecule has 0 amide bonds. The molecule has 1 heterocycles. The van der Waals surface area contributed by atoms with E-state index in [2.05, 4.69) is 10.2 Å². The number of rotatable bonds is 2. The van der Waals surface area contributed by atoms with E-state index < -0.39 is 28.9 Å². The van der Waals surface area contributed by atoms with Crippen molar-refractivity contribution in [1.82, 2.24) is 4.57 Å². The van der Waals surface area contributed by atoms with Crippen LogP contribution in [0.15, 0.2) is 39.3 Å². The van der Waals surface area contributed by atoms with E-state index in [1.165, 1.54) is 26.1 Å². The molecule has 0 fully saturated rings. The van der Waals surface area contributed by atoms with Gasteiger partial charge in [-0.05, 0) is 19.1 Å². The van der Waals surface area contributed by atoms with Gasteiger partial charge in [0.25, 0.3) is 5.56 Å². The van der Waals surface area contributed by atoms with Crippen molar-refractivity contribution in [3.05, 3.63) is 51.3 Å². The number of pyridine rings is 1. The maximum atomic E-state index is 12.9. The topological polar surface area (TPSA) is 90.7 Å². The molecule has 0 atom stereocenters. The van der Waals surface area contributed by atoms with Gasteiger partial charge in [-0.1, -0.05) is 12.1 Å². The molecule has 6 nitrogen and oxygen atoms in total. The maximum absolute atomic E-state index is 12.9. The molecule has 9 heteroatoms. The molecule has 2 aromatic rings. The second-order valence-electron chi connectivity index (χ2n) is 4.86. The number of alkyl halides is 3. The van der Waals surface area contributed by atoms with Crippen LogP contribution in [0, 0.1) is 18.3 Å². The Morgan fingerprint density at radius 1 is 1.25 bits per heavy atom. The fourth-order valence-electron chi connectivity index (χ4n) is 2.03. The lowest BCUT2D eigenvalue weighted by atomic mass is 10.1. The van der Waals surface area contributed by atoms with Crippen molar-refractivity contribution >= 4 is 11.4 Å². The highest BCUT2D eigenvalue weighted by Gasteiger charge is 2.33. The van der Waals surface area contributed by atoms with Gasteiger partial charge in [-0.2, -0.15) is 18.4 Å². The van der Waals surface area contributed by atoms with Crippen LogP contribution in [0.4, 0.5) is 24.5 Å². The van der Waals surface area contributed by atoms with Gasteiger partial charge in [0.2, 0.25) is 5.88 Å². The Morgan fingerprint density at radius 2 is 1.88 bits per heavy atom. The molecule has 0 spiro atoms. The number of nitrogens with zero attached hydrogens (tertiary/aromatic N) is 4. The Morgan fingerprint density at radius 3 is 2.46 bits per heavy atom. The predicted molar refractivity (Wildman–Crippen MR) is 78.4 cm³/mol. The van der Waals surface area contributed by atoms with Crippen LogP contribution >= 0.6 is 0 Å². The minimum Gasteiger partial charge on any atom is -0.493 e. The van der Waals surface area contributed by atoms with Gasteiger partial charge in [0.1, 0.15) is 11.6 Å². The summed E-state index contributed by atoms with van der Waals surface area (Å²) in [5.41, 5.74) is -2.72. The molecule has 0 saturated heterocycles. The molecule has 0 aliphatic rings. The lowest BCUT2D eigenvalue weighted by molar-refractivity contribution is -0.137. The monoisotopic (exact) mass is 336 g/mol. The summed E-state index contributed by atoms with van der Waals surface area (Å²) in [5.74, 6) is -0.547. The first-order chi connectivity index (χ1) is 11.2. The standard InChI is InChI=1S/C15H11F3N4O2/c1-8-9(7-19)13(23)22(2)14(24)12(8)21-20-11-6-4-3-5-10(11)15(16,17)18/h3-6,23H,1-2H3. The maximum Gasteiger partial charge on any atom is 0.418 e. The number of aromatic nitrogens is 1. The fourth-order valence-corrected chi connectivity index (χ4v) is 2.03. The molecule has 1 aromatic heterocycles. The van der Waals surface area contributed by atoms with Gasteiger partial charge in [0, 0.05) is 12.6 Å². The number of benzene rings is 1. The van der Waals surface area contributed by atoms with Gasteiger partial charge in [-0.3, -0.25) is 9.36 Å². The first kappa shape index (κ1) is 17.2. The number of hydrogen-bond acceptors (Lipinski definition) is 5. The highest BCUT2D eigenvalue weighted by molar-refractivity contribution is 5.57. The molecule has 24 heavy (non-hydrogen) atoms. The third-order valence-electron chi connectivity index (χ3n) is 3.36. The second-order valence-corrected chi connectivity index (χ2v) is 4.86. The average Bonchev–Trinajstić information content (AvgIpc) is 2.53. The molecule has 124 valence electrons. The predicted octanol–water partition coefficient (Wildman–Crippen LogP) is 3.71. The summed E-state index contributed by atoms with van der Waals surface area (Å²) in [6, 6.07) is 6.23. The van der Waals surface area contributed by atoms with Gasteiger partial charge in [-0.15, -0.1) is 10.2 Å². The first-order valence-electron chi connectivity index (χ1n) is 6.59. The SMILES string of the molecule is Cc1c(C#N)c(O)n(C)c(=O)c1N=Nc1ccccc1C(F)(F)F. The normalized spacial score (nSPS) is 11.7. The Kier molecular flexibility index (Phi) is 4.41. The van der Waals surface area contributed by atoms with Gasteiger partial charge >= 0.3 is 6.18 Å². The van der Waals surface area contributed by atoms with Crippen LogP contribution in [0.3, 0.4) is 0 Å². The first-order valence-corrected chi connectivity index (χ1v) is 6.59. The molecule has 0 unspecified atom stereocenters. The summed E-state index contributed by atoms with van der Waals surface area (Å²) in [6.07, 6.45) is -4.62. The number of hydrogen-bond donors (Lipinski definition) is 1. The molecule has 0 bridgehead atoms. The van der Waals surface area contributed by atoms with E-state index >= 15 is 0 Å². The Labute approximate surface area is 134 Å². The number of nitriles is 1. The minimum absolute atomic E-state index is 0.0336. The third-order valence-corrected chi connectivity index (χ3v) is 3.36. The molecular formula is C15H11F3N4O2. The zero-order valence-corrected chi connectivity index (χ0v) is 12.6. The van der Waals surface area contributed by atoms with Crippen molar-refractivity contribution < 1.29 is 18.3 Å². The van der Waals surface area contributed by atoms with E-state index in [0.717, 1.165) is 16.7 Å². The highest BCUT2D eigenvalue weighted by atomic mass is 19.4. The molecule has 0 aliphatic carbocycles. The van der Waals surface area contributed by atoms with E-state index in [4.69, 9.17) is 5.26 Å². The van der Waals surface area contributed by atoms with Crippen LogP contribution in [0.5, 0.6) is 5.88 Å². The van der Waals surface area contributed by atoms with Crippen molar-refractivity contribution in [2.45, 2.75) is 13.1 Å². The van der Waals surface area contributed by atoms with Crippen LogP contribution in [0.2, 0.25) is 0 Å². The molecule has 2 rings (SSSR count). The number of aromatic hydroxyl groups is 1. The summed E-state index contributed by atoms with van der Waals surface area (Å²) < 4.78 is 39.5. The lowest BCUT2D eigenvalue weighted by Crippen LogP contribution is -2.18. The summed E-state index contributed by atoms with van der Waals surface area (Å²) in [7, 11) is 1.21. The van der Waals surface area contributed by atoms with Crippen LogP contribution in [-0.2, 0) is 13.2 Å². The van der Waals surface area contributed by atoms with Crippen molar-refractivity contribution in [2.75, 3.05) is 0 Å². The molecule has 0 aliphatic heterocycles. The van der Waals surface area contributed by atoms with Gasteiger partial charge < -0.3 is 5.11 Å². The second kappa shape index (κ2) is 6.16. The van der Waals surface area contributed by atoms with Gasteiger partial charge in [-0.25, -0.2) is 0 Å². The smallest absolute Gasteiger partial charge is 0.418 e. The lowest BCUT2D eigenvalue weighted by Gasteiger charge is -2.10. The van der Waals surface area contributed by atoms with Crippen LogP contribution < -0.4 is 5.56 Å². The summed E-state index contributed by atoms with van der Waals surface area (Å²) >= 11 is 0. The molecule has 1 aromatic carbocycles. The van der Waals surface area contributed by atoms with Crippen molar-refractivity contribution in [3.8, 4) is 11.9 Å². The Hall–Kier alpha value is -3.15. The van der Waals surface area contributed by atoms with Crippen LogP contribution in [-0.4, -0.2) is 9.67 Å². The van der Waals surface area contributed by atoms with Crippen molar-refractivity contribution in [2.24, 2.45) is 17.3 Å². The zero-order chi connectivity index (χ0) is 18.1. The van der Waals surface area contributed by atoms with Crippen LogP contribution in [0.1, 0.15) is 16.7 Å². The van der Waals surface area contributed by atoms with Gasteiger partial charge in [0.15, 0.2) is 5.69 Å². The van der Waals surface area contributed by atoms with Crippen LogP contribution in [0.25, 0.3) is 0 Å². The zero-order valence-electron chi connectivity index (χ0n) is 12.6. The summed E-state index contributed by atoms with van der Waals surface area (Å²) in [6.45, 7) is 1.35. The van der Waals surface area contributed by atoms with Crippen molar-refractivity contribution in [3.63, 3.8) is 0 Å². The van der Waals surface area contributed by atoms with E-state index in [1.54, 1.807) is 6.07 Å². The Bertz CT molecular complexity index is 924. The highest BCUT2D eigenvalue weighted by Crippen LogP contribution is 2.36. The van der Waals surface area contributed by atoms with E-state index in [9.17, 15) is 23.1 Å². The molecule has 0 saturated carbocycles. The fraction of sp³-hybridized carbons (Fsp3) is 0.200. The molecular weight excluding hydrogens is 325 g/mol. The number of halogens is 3. The van der Waals surface area contributed by atoms with E-state index in [0.29, 0.717) is 0 Å². The summed E-state index contributed by atoms with van der Waals surface area (Å²) in [4.78, 5) is 12.1. The van der Waals surface area contributed by atoms with Crippen molar-refractivity contribution in [1.29, 1.82) is 5.26 Å². The quantitative estimate of drug-likeness (QED) is 0.848. The molecule has 0 radical (unpaired) electrons. The third kappa shape index (κ3) is 2.99. The van der Waals surface area contributed by atoms with E-state index in [1.807, 2.05) is 0 Å².